The van der Waals surface area contributed by atoms with Gasteiger partial charge in [0, 0.05) is 17.2 Å². The molecule has 1 heteroatoms. The molecule has 1 nitrogen and oxygen atoms in total. The van der Waals surface area contributed by atoms with Crippen molar-refractivity contribution < 1.29 is 0 Å². The SMILES string of the molecule is C1=CC(c2ccccc2)(c2ccccc2)Cc2c[nH]c(-c3ccccc3)c21. The molecule has 27 heavy (non-hydrogen) atoms. The molecular formula is C26H21N. The van der Waals surface area contributed by atoms with Crippen molar-refractivity contribution in [3.8, 4) is 11.3 Å². The Balaban J connectivity index is 1.66. The van der Waals surface area contributed by atoms with E-state index in [0.29, 0.717) is 0 Å². The Hall–Kier alpha value is -3.32. The van der Waals surface area contributed by atoms with Crippen LogP contribution in [0.5, 0.6) is 0 Å². The van der Waals surface area contributed by atoms with Crippen molar-refractivity contribution in [2.45, 2.75) is 11.8 Å². The van der Waals surface area contributed by atoms with E-state index < -0.39 is 0 Å². The van der Waals surface area contributed by atoms with Gasteiger partial charge in [-0.25, -0.2) is 0 Å². The van der Waals surface area contributed by atoms with Crippen molar-refractivity contribution in [1.82, 2.24) is 4.98 Å². The highest BCUT2D eigenvalue weighted by Crippen LogP contribution is 2.43. The van der Waals surface area contributed by atoms with Crippen LogP contribution in [-0.2, 0) is 11.8 Å². The molecule has 130 valence electrons. The molecule has 0 aliphatic heterocycles. The van der Waals surface area contributed by atoms with Crippen molar-refractivity contribution in [3.63, 3.8) is 0 Å². The van der Waals surface area contributed by atoms with Gasteiger partial charge in [-0.15, -0.1) is 0 Å². The average Bonchev–Trinajstić information content (AvgIpc) is 3.18. The predicted octanol–water partition coefficient (Wildman–Crippen LogP) is 6.24. The number of aromatic amines is 1. The van der Waals surface area contributed by atoms with Crippen LogP contribution in [0.25, 0.3) is 17.3 Å². The van der Waals surface area contributed by atoms with Crippen molar-refractivity contribution in [2.75, 3.05) is 0 Å². The summed E-state index contributed by atoms with van der Waals surface area (Å²) in [7, 11) is 0. The number of H-pyrrole nitrogens is 1. The third-order valence-electron chi connectivity index (χ3n) is 5.65. The van der Waals surface area contributed by atoms with Gasteiger partial charge in [-0.2, -0.15) is 0 Å². The summed E-state index contributed by atoms with van der Waals surface area (Å²) in [6.45, 7) is 0. The lowest BCUT2D eigenvalue weighted by Crippen LogP contribution is -2.30. The Morgan fingerprint density at radius 1 is 0.667 bits per heavy atom. The molecule has 0 bridgehead atoms. The summed E-state index contributed by atoms with van der Waals surface area (Å²) >= 11 is 0. The van der Waals surface area contributed by atoms with E-state index in [-0.39, 0.29) is 5.41 Å². The Labute approximate surface area is 160 Å². The van der Waals surface area contributed by atoms with Gasteiger partial charge in [0.1, 0.15) is 0 Å². The van der Waals surface area contributed by atoms with E-state index in [2.05, 4.69) is 114 Å². The molecular weight excluding hydrogens is 326 g/mol. The predicted molar refractivity (Wildman–Crippen MR) is 113 cm³/mol. The van der Waals surface area contributed by atoms with Crippen LogP contribution >= 0.6 is 0 Å². The van der Waals surface area contributed by atoms with Crippen molar-refractivity contribution in [2.24, 2.45) is 0 Å². The minimum Gasteiger partial charge on any atom is -0.360 e. The average molecular weight is 347 g/mol. The van der Waals surface area contributed by atoms with Gasteiger partial charge in [-0.1, -0.05) is 103 Å². The standard InChI is InChI=1S/C26H21N/c1-4-10-20(11-5-1)25-24-16-17-26(18-21(24)19-27-25,22-12-6-2-7-13-22)23-14-8-3-9-15-23/h1-17,19,27H,18H2. The van der Waals surface area contributed by atoms with Gasteiger partial charge in [-0.05, 0) is 28.7 Å². The van der Waals surface area contributed by atoms with Crippen molar-refractivity contribution in [3.05, 3.63) is 126 Å². The van der Waals surface area contributed by atoms with E-state index >= 15 is 0 Å². The van der Waals surface area contributed by atoms with Crippen LogP contribution in [0.1, 0.15) is 22.3 Å². The lowest BCUT2D eigenvalue weighted by Gasteiger charge is -2.35. The molecule has 0 saturated carbocycles. The quantitative estimate of drug-likeness (QED) is 0.452. The largest absolute Gasteiger partial charge is 0.360 e. The molecule has 5 rings (SSSR count). The van der Waals surface area contributed by atoms with Gasteiger partial charge in [0.2, 0.25) is 0 Å². The summed E-state index contributed by atoms with van der Waals surface area (Å²) in [5.41, 5.74) is 7.65. The monoisotopic (exact) mass is 347 g/mol. The van der Waals surface area contributed by atoms with Gasteiger partial charge in [-0.3, -0.25) is 0 Å². The number of nitrogens with one attached hydrogen (secondary N) is 1. The fourth-order valence-electron chi connectivity index (χ4n) is 4.27. The second-order valence-corrected chi connectivity index (χ2v) is 7.18. The summed E-state index contributed by atoms with van der Waals surface area (Å²) in [5.74, 6) is 0. The second kappa shape index (κ2) is 6.44. The zero-order valence-electron chi connectivity index (χ0n) is 15.1. The van der Waals surface area contributed by atoms with Crippen LogP contribution in [0.2, 0.25) is 0 Å². The van der Waals surface area contributed by atoms with Crippen LogP contribution in [0.15, 0.2) is 103 Å². The first-order valence-electron chi connectivity index (χ1n) is 9.43. The topological polar surface area (TPSA) is 15.8 Å². The molecule has 1 aromatic heterocycles. The van der Waals surface area contributed by atoms with Crippen LogP contribution < -0.4 is 0 Å². The molecule has 0 spiro atoms. The number of rotatable bonds is 3. The Kier molecular flexibility index (Phi) is 3.79. The number of allylic oxidation sites excluding steroid dienone is 1. The summed E-state index contributed by atoms with van der Waals surface area (Å²) in [6, 6.07) is 32.3. The fraction of sp³-hybridized carbons (Fsp3) is 0.0769. The van der Waals surface area contributed by atoms with E-state index in [1.807, 2.05) is 0 Å². The molecule has 4 aromatic rings. The summed E-state index contributed by atoms with van der Waals surface area (Å²) in [5, 5.41) is 0. The van der Waals surface area contributed by atoms with Crippen LogP contribution in [-0.4, -0.2) is 4.98 Å². The van der Waals surface area contributed by atoms with E-state index in [4.69, 9.17) is 0 Å². The molecule has 0 amide bonds. The maximum Gasteiger partial charge on any atom is 0.0530 e. The number of aromatic nitrogens is 1. The van der Waals surface area contributed by atoms with Gasteiger partial charge in [0.15, 0.2) is 0 Å². The fourth-order valence-corrected chi connectivity index (χ4v) is 4.27. The highest BCUT2D eigenvalue weighted by molar-refractivity contribution is 5.77. The van der Waals surface area contributed by atoms with E-state index in [9.17, 15) is 0 Å². The van der Waals surface area contributed by atoms with E-state index in [1.54, 1.807) is 0 Å². The molecule has 0 fully saturated rings. The van der Waals surface area contributed by atoms with Gasteiger partial charge >= 0.3 is 0 Å². The highest BCUT2D eigenvalue weighted by atomic mass is 14.7. The van der Waals surface area contributed by atoms with Gasteiger partial charge < -0.3 is 4.98 Å². The van der Waals surface area contributed by atoms with E-state index in [1.165, 1.54) is 33.5 Å². The summed E-state index contributed by atoms with van der Waals surface area (Å²) in [4.78, 5) is 3.52. The first-order chi connectivity index (χ1) is 13.4. The Morgan fingerprint density at radius 3 is 1.81 bits per heavy atom. The van der Waals surface area contributed by atoms with Gasteiger partial charge in [0.25, 0.3) is 0 Å². The summed E-state index contributed by atoms with van der Waals surface area (Å²) in [6.07, 6.45) is 7.83. The minimum absolute atomic E-state index is 0.133. The van der Waals surface area contributed by atoms with Crippen LogP contribution in [0.3, 0.4) is 0 Å². The minimum atomic E-state index is -0.133. The lowest BCUT2D eigenvalue weighted by molar-refractivity contribution is 0.634. The Morgan fingerprint density at radius 2 is 1.22 bits per heavy atom. The third-order valence-corrected chi connectivity index (χ3v) is 5.65. The smallest absolute Gasteiger partial charge is 0.0530 e. The summed E-state index contributed by atoms with van der Waals surface area (Å²) < 4.78 is 0. The van der Waals surface area contributed by atoms with Crippen LogP contribution in [0, 0.1) is 0 Å². The van der Waals surface area contributed by atoms with Crippen LogP contribution in [0.4, 0.5) is 0 Å². The normalized spacial score (nSPS) is 14.7. The third kappa shape index (κ3) is 2.63. The molecule has 1 N–H and O–H groups in total. The van der Waals surface area contributed by atoms with E-state index in [0.717, 1.165) is 6.42 Å². The molecule has 1 aliphatic carbocycles. The molecule has 0 atom stereocenters. The molecule has 1 aliphatic rings. The molecule has 0 unspecified atom stereocenters. The maximum absolute atomic E-state index is 3.52. The maximum atomic E-state index is 3.52. The molecule has 0 saturated heterocycles. The lowest BCUT2D eigenvalue weighted by atomic mass is 9.68. The highest BCUT2D eigenvalue weighted by Gasteiger charge is 2.35. The van der Waals surface area contributed by atoms with Gasteiger partial charge in [0.05, 0.1) is 5.69 Å². The molecule has 0 radical (unpaired) electrons. The number of fused-ring (bicyclic) bond motifs is 1. The van der Waals surface area contributed by atoms with Crippen molar-refractivity contribution in [1.29, 1.82) is 0 Å². The number of benzene rings is 3. The zero-order valence-corrected chi connectivity index (χ0v) is 15.1. The first kappa shape index (κ1) is 15.9. The molecule has 1 heterocycles. The zero-order chi connectivity index (χ0) is 18.1. The first-order valence-corrected chi connectivity index (χ1v) is 9.43. The second-order valence-electron chi connectivity index (χ2n) is 7.18. The number of hydrogen-bond donors (Lipinski definition) is 1. The van der Waals surface area contributed by atoms with Crippen molar-refractivity contribution >= 4 is 6.08 Å². The number of hydrogen-bond acceptors (Lipinski definition) is 0. The molecule has 3 aromatic carbocycles. The Bertz CT molecular complexity index is 1030.